The molecule has 0 radical (unpaired) electrons. The normalized spacial score (nSPS) is 11.2. The van der Waals surface area contributed by atoms with Crippen LogP contribution in [0.2, 0.25) is 5.02 Å². The van der Waals surface area contributed by atoms with E-state index in [1.807, 2.05) is 37.3 Å². The van der Waals surface area contributed by atoms with Crippen LogP contribution in [-0.2, 0) is 16.4 Å². The molecule has 0 aliphatic rings. The number of nitrogens with one attached hydrogen (secondary N) is 1. The summed E-state index contributed by atoms with van der Waals surface area (Å²) in [4.78, 5) is 13.0. The number of aryl methyl sites for hydroxylation is 1. The van der Waals surface area contributed by atoms with Crippen LogP contribution in [0.5, 0.6) is 0 Å². The Morgan fingerprint density at radius 1 is 1.00 bits per heavy atom. The number of rotatable bonds is 7. The van der Waals surface area contributed by atoms with Crippen molar-refractivity contribution in [2.45, 2.75) is 18.2 Å². The van der Waals surface area contributed by atoms with Crippen molar-refractivity contribution in [2.24, 2.45) is 0 Å². The average Bonchev–Trinajstić information content (AvgIpc) is 2.74. The molecule has 0 aromatic heterocycles. The maximum absolute atomic E-state index is 13.1. The molecule has 1 N–H and O–H groups in total. The highest BCUT2D eigenvalue weighted by atomic mass is 35.5. The van der Waals surface area contributed by atoms with E-state index in [0.717, 1.165) is 15.4 Å². The van der Waals surface area contributed by atoms with Crippen LogP contribution in [0.3, 0.4) is 0 Å². The van der Waals surface area contributed by atoms with E-state index >= 15 is 0 Å². The summed E-state index contributed by atoms with van der Waals surface area (Å²) in [7, 11) is -2.40. The van der Waals surface area contributed by atoms with Crippen LogP contribution in [0.4, 0.5) is 5.69 Å². The lowest BCUT2D eigenvalue weighted by atomic mass is 10.1. The van der Waals surface area contributed by atoms with Gasteiger partial charge in [-0.15, -0.1) is 0 Å². The van der Waals surface area contributed by atoms with Crippen LogP contribution >= 0.6 is 11.6 Å². The Kier molecular flexibility index (Phi) is 6.80. The van der Waals surface area contributed by atoms with Crippen LogP contribution in [0.15, 0.2) is 77.7 Å². The predicted octanol–water partition coefficient (Wildman–Crippen LogP) is 4.45. The Hall–Kier alpha value is -2.83. The average molecular weight is 443 g/mol. The summed E-state index contributed by atoms with van der Waals surface area (Å²) < 4.78 is 27.2. The quantitative estimate of drug-likeness (QED) is 0.588. The molecular weight excluding hydrogens is 420 g/mol. The summed E-state index contributed by atoms with van der Waals surface area (Å²) >= 11 is 6.10. The third kappa shape index (κ3) is 5.01. The molecule has 0 bridgehead atoms. The number of amides is 1. The van der Waals surface area contributed by atoms with E-state index in [1.165, 1.54) is 13.1 Å². The number of halogens is 1. The van der Waals surface area contributed by atoms with Gasteiger partial charge in [0.1, 0.15) is 0 Å². The summed E-state index contributed by atoms with van der Waals surface area (Å²) in [6, 6.07) is 21.0. The summed E-state index contributed by atoms with van der Waals surface area (Å²) in [5.41, 5.74) is 2.52. The van der Waals surface area contributed by atoms with Gasteiger partial charge in [-0.2, -0.15) is 0 Å². The van der Waals surface area contributed by atoms with Gasteiger partial charge in [0, 0.05) is 18.6 Å². The first-order chi connectivity index (χ1) is 14.3. The molecule has 3 aromatic rings. The number of carbonyl (C=O) groups excluding carboxylic acids is 1. The van der Waals surface area contributed by atoms with Gasteiger partial charge in [0.15, 0.2) is 0 Å². The van der Waals surface area contributed by atoms with E-state index in [1.54, 1.807) is 36.4 Å². The standard InChI is InChI=1S/C23H23ClN2O3S/c1-17-8-11-20(12-9-17)30(28,29)26(2)22-13-10-19(24)16-21(22)23(27)25-15-14-18-6-4-3-5-7-18/h3-13,16H,14-15H2,1-2H3,(H,25,27). The zero-order valence-corrected chi connectivity index (χ0v) is 18.4. The van der Waals surface area contributed by atoms with Crippen molar-refractivity contribution in [1.82, 2.24) is 5.32 Å². The number of carbonyl (C=O) groups is 1. The molecule has 156 valence electrons. The lowest BCUT2D eigenvalue weighted by molar-refractivity contribution is 0.0955. The first-order valence-electron chi connectivity index (χ1n) is 9.46. The monoisotopic (exact) mass is 442 g/mol. The Labute approximate surface area is 182 Å². The molecule has 0 saturated carbocycles. The van der Waals surface area contributed by atoms with Crippen LogP contribution in [0.25, 0.3) is 0 Å². The van der Waals surface area contributed by atoms with Crippen molar-refractivity contribution < 1.29 is 13.2 Å². The summed E-state index contributed by atoms with van der Waals surface area (Å²) in [6.45, 7) is 2.31. The fourth-order valence-corrected chi connectivity index (χ4v) is 4.41. The van der Waals surface area contributed by atoms with Crippen molar-refractivity contribution >= 4 is 33.2 Å². The first-order valence-corrected chi connectivity index (χ1v) is 11.3. The zero-order valence-electron chi connectivity index (χ0n) is 16.8. The number of hydrogen-bond donors (Lipinski definition) is 1. The lowest BCUT2D eigenvalue weighted by Gasteiger charge is -2.22. The number of sulfonamides is 1. The second-order valence-electron chi connectivity index (χ2n) is 6.94. The van der Waals surface area contributed by atoms with Crippen molar-refractivity contribution in [2.75, 3.05) is 17.9 Å². The highest BCUT2D eigenvalue weighted by molar-refractivity contribution is 7.92. The Bertz CT molecular complexity index is 1130. The number of nitrogens with zero attached hydrogens (tertiary/aromatic N) is 1. The molecule has 3 rings (SSSR count). The highest BCUT2D eigenvalue weighted by Crippen LogP contribution is 2.28. The van der Waals surface area contributed by atoms with Crippen molar-refractivity contribution in [3.05, 3.63) is 94.5 Å². The molecule has 5 nitrogen and oxygen atoms in total. The van der Waals surface area contributed by atoms with Crippen LogP contribution < -0.4 is 9.62 Å². The Morgan fingerprint density at radius 3 is 2.33 bits per heavy atom. The van der Waals surface area contributed by atoms with E-state index in [0.29, 0.717) is 18.0 Å². The second-order valence-corrected chi connectivity index (χ2v) is 9.34. The van der Waals surface area contributed by atoms with Crippen LogP contribution in [0, 0.1) is 6.92 Å². The van der Waals surface area contributed by atoms with Crippen molar-refractivity contribution in [3.63, 3.8) is 0 Å². The molecule has 3 aromatic carbocycles. The molecule has 0 fully saturated rings. The molecule has 0 atom stereocenters. The van der Waals surface area contributed by atoms with Crippen molar-refractivity contribution in [3.8, 4) is 0 Å². The summed E-state index contributed by atoms with van der Waals surface area (Å²) in [5, 5.41) is 3.20. The fourth-order valence-electron chi connectivity index (χ4n) is 3.02. The van der Waals surface area contributed by atoms with Gasteiger partial charge in [-0.05, 0) is 49.2 Å². The SMILES string of the molecule is Cc1ccc(S(=O)(=O)N(C)c2ccc(Cl)cc2C(=O)NCCc2ccccc2)cc1. The van der Waals surface area contributed by atoms with Crippen LogP contribution in [0.1, 0.15) is 21.5 Å². The van der Waals surface area contributed by atoms with Gasteiger partial charge >= 0.3 is 0 Å². The number of anilines is 1. The van der Waals surface area contributed by atoms with Gasteiger partial charge in [-0.25, -0.2) is 8.42 Å². The fraction of sp³-hybridized carbons (Fsp3) is 0.174. The van der Waals surface area contributed by atoms with E-state index in [2.05, 4.69) is 5.32 Å². The molecule has 30 heavy (non-hydrogen) atoms. The number of benzene rings is 3. The molecule has 0 aliphatic heterocycles. The van der Waals surface area contributed by atoms with E-state index < -0.39 is 10.0 Å². The highest BCUT2D eigenvalue weighted by Gasteiger charge is 2.25. The molecule has 0 unspecified atom stereocenters. The van der Waals surface area contributed by atoms with E-state index in [-0.39, 0.29) is 22.1 Å². The molecule has 7 heteroatoms. The second kappa shape index (κ2) is 9.32. The third-order valence-corrected chi connectivity index (χ3v) is 6.78. The van der Waals surface area contributed by atoms with E-state index in [4.69, 9.17) is 11.6 Å². The number of hydrogen-bond acceptors (Lipinski definition) is 3. The third-order valence-electron chi connectivity index (χ3n) is 4.76. The largest absolute Gasteiger partial charge is 0.352 e. The molecule has 0 aliphatic carbocycles. The maximum atomic E-state index is 13.1. The Balaban J connectivity index is 1.83. The van der Waals surface area contributed by atoms with Gasteiger partial charge < -0.3 is 5.32 Å². The lowest BCUT2D eigenvalue weighted by Crippen LogP contribution is -2.31. The van der Waals surface area contributed by atoms with E-state index in [9.17, 15) is 13.2 Å². The summed E-state index contributed by atoms with van der Waals surface area (Å²) in [6.07, 6.45) is 0.667. The minimum absolute atomic E-state index is 0.154. The summed E-state index contributed by atoms with van der Waals surface area (Å²) in [5.74, 6) is -0.380. The molecule has 0 saturated heterocycles. The first kappa shape index (κ1) is 21.9. The smallest absolute Gasteiger partial charge is 0.264 e. The minimum atomic E-state index is -3.83. The zero-order chi connectivity index (χ0) is 21.7. The van der Waals surface area contributed by atoms with Gasteiger partial charge in [0.05, 0.1) is 16.1 Å². The topological polar surface area (TPSA) is 66.5 Å². The maximum Gasteiger partial charge on any atom is 0.264 e. The Morgan fingerprint density at radius 2 is 1.67 bits per heavy atom. The van der Waals surface area contributed by atoms with Crippen molar-refractivity contribution in [1.29, 1.82) is 0 Å². The molecule has 0 spiro atoms. The van der Waals surface area contributed by atoms with Crippen LogP contribution in [-0.4, -0.2) is 27.9 Å². The van der Waals surface area contributed by atoms with Gasteiger partial charge in [0.25, 0.3) is 15.9 Å². The van der Waals surface area contributed by atoms with Gasteiger partial charge in [0.2, 0.25) is 0 Å². The molecule has 1 amide bonds. The van der Waals surface area contributed by atoms with Gasteiger partial charge in [-0.1, -0.05) is 59.6 Å². The molecular formula is C23H23ClN2O3S. The minimum Gasteiger partial charge on any atom is -0.352 e. The molecule has 0 heterocycles. The predicted molar refractivity (Wildman–Crippen MR) is 121 cm³/mol. The van der Waals surface area contributed by atoms with Gasteiger partial charge in [-0.3, -0.25) is 9.10 Å².